The molecule has 0 radical (unpaired) electrons. The molecule has 1 aromatic carbocycles. The molecule has 0 saturated carbocycles. The Hall–Kier alpha value is -1.35. The molecule has 16 heavy (non-hydrogen) atoms. The number of anilines is 1. The first kappa shape index (κ1) is 11.1. The van der Waals surface area contributed by atoms with E-state index in [0.717, 1.165) is 24.3 Å². The van der Waals surface area contributed by atoms with Crippen LogP contribution in [0.2, 0.25) is 0 Å². The summed E-state index contributed by atoms with van der Waals surface area (Å²) in [6.45, 7) is 2.55. The first-order valence-electron chi connectivity index (χ1n) is 5.72. The van der Waals surface area contributed by atoms with Crippen LogP contribution in [0.15, 0.2) is 24.3 Å². The van der Waals surface area contributed by atoms with E-state index in [9.17, 15) is 4.39 Å². The Morgan fingerprint density at radius 3 is 2.75 bits per heavy atom. The van der Waals surface area contributed by atoms with Crippen LogP contribution in [0.25, 0.3) is 6.08 Å². The number of nitrogens with zero attached hydrogens (tertiary/aromatic N) is 1. The van der Waals surface area contributed by atoms with E-state index in [4.69, 9.17) is 5.73 Å². The van der Waals surface area contributed by atoms with Crippen molar-refractivity contribution >= 4 is 11.8 Å². The number of halogens is 1. The minimum atomic E-state index is -0.174. The van der Waals surface area contributed by atoms with Crippen molar-refractivity contribution in [3.05, 3.63) is 35.7 Å². The number of benzene rings is 1. The molecule has 3 heteroatoms. The summed E-state index contributed by atoms with van der Waals surface area (Å²) in [6.07, 6.45) is 6.24. The normalized spacial score (nSPS) is 16.2. The molecule has 0 unspecified atom stereocenters. The maximum atomic E-state index is 13.2. The lowest BCUT2D eigenvalue weighted by atomic mass is 10.1. The van der Waals surface area contributed by atoms with Crippen molar-refractivity contribution in [2.24, 2.45) is 5.73 Å². The van der Waals surface area contributed by atoms with Gasteiger partial charge in [-0.3, -0.25) is 0 Å². The fourth-order valence-corrected chi connectivity index (χ4v) is 2.08. The lowest BCUT2D eigenvalue weighted by Crippen LogP contribution is -2.18. The van der Waals surface area contributed by atoms with Crippen LogP contribution < -0.4 is 10.6 Å². The molecule has 0 bridgehead atoms. The van der Waals surface area contributed by atoms with E-state index in [2.05, 4.69) is 4.90 Å². The van der Waals surface area contributed by atoms with Crippen molar-refractivity contribution in [2.45, 2.75) is 12.8 Å². The maximum Gasteiger partial charge on any atom is 0.125 e. The topological polar surface area (TPSA) is 29.3 Å². The summed E-state index contributed by atoms with van der Waals surface area (Å²) in [5.41, 5.74) is 7.47. The summed E-state index contributed by atoms with van der Waals surface area (Å²) < 4.78 is 13.2. The van der Waals surface area contributed by atoms with Crippen LogP contribution in [0.5, 0.6) is 0 Å². The van der Waals surface area contributed by atoms with E-state index in [1.807, 2.05) is 18.2 Å². The fraction of sp³-hybridized carbons (Fsp3) is 0.385. The first-order valence-corrected chi connectivity index (χ1v) is 5.72. The number of hydrogen-bond acceptors (Lipinski definition) is 2. The van der Waals surface area contributed by atoms with E-state index < -0.39 is 0 Å². The molecule has 1 heterocycles. The highest BCUT2D eigenvalue weighted by Gasteiger charge is 2.15. The van der Waals surface area contributed by atoms with Crippen molar-refractivity contribution in [1.82, 2.24) is 0 Å². The number of nitrogens with two attached hydrogens (primary N) is 1. The predicted molar refractivity (Wildman–Crippen MR) is 65.9 cm³/mol. The Kier molecular flexibility index (Phi) is 3.57. The smallest absolute Gasteiger partial charge is 0.125 e. The van der Waals surface area contributed by atoms with Gasteiger partial charge in [-0.15, -0.1) is 0 Å². The van der Waals surface area contributed by atoms with Crippen molar-refractivity contribution in [3.8, 4) is 0 Å². The van der Waals surface area contributed by atoms with E-state index >= 15 is 0 Å². The van der Waals surface area contributed by atoms with Crippen molar-refractivity contribution < 1.29 is 4.39 Å². The Morgan fingerprint density at radius 1 is 1.31 bits per heavy atom. The van der Waals surface area contributed by atoms with Gasteiger partial charge in [-0.1, -0.05) is 18.2 Å². The quantitative estimate of drug-likeness (QED) is 0.847. The van der Waals surface area contributed by atoms with Crippen LogP contribution >= 0.6 is 0 Å². The molecule has 86 valence electrons. The fourth-order valence-electron chi connectivity index (χ4n) is 2.08. The molecule has 1 aliphatic rings. The summed E-state index contributed by atoms with van der Waals surface area (Å²) in [5, 5.41) is 0. The van der Waals surface area contributed by atoms with Crippen LogP contribution in [0.1, 0.15) is 18.4 Å². The van der Waals surface area contributed by atoms with Crippen LogP contribution in [-0.2, 0) is 0 Å². The number of rotatable bonds is 3. The molecule has 0 aromatic heterocycles. The highest BCUT2D eigenvalue weighted by molar-refractivity contribution is 5.68. The highest BCUT2D eigenvalue weighted by Crippen LogP contribution is 2.26. The Labute approximate surface area is 95.6 Å². The molecule has 1 aromatic rings. The van der Waals surface area contributed by atoms with E-state index in [-0.39, 0.29) is 5.82 Å². The molecule has 0 spiro atoms. The maximum absolute atomic E-state index is 13.2. The lowest BCUT2D eigenvalue weighted by molar-refractivity contribution is 0.627. The van der Waals surface area contributed by atoms with E-state index in [0.29, 0.717) is 6.54 Å². The Balaban J connectivity index is 2.31. The third-order valence-corrected chi connectivity index (χ3v) is 2.87. The SMILES string of the molecule is NC/C=C/c1ccc(F)cc1N1CCCC1. The van der Waals surface area contributed by atoms with Crippen LogP contribution in [-0.4, -0.2) is 19.6 Å². The largest absolute Gasteiger partial charge is 0.371 e. The van der Waals surface area contributed by atoms with Gasteiger partial charge in [-0.25, -0.2) is 4.39 Å². The molecule has 2 rings (SSSR count). The lowest BCUT2D eigenvalue weighted by Gasteiger charge is -2.20. The Bertz CT molecular complexity index is 382. The van der Waals surface area contributed by atoms with Gasteiger partial charge < -0.3 is 10.6 Å². The van der Waals surface area contributed by atoms with Crippen LogP contribution in [0, 0.1) is 5.82 Å². The summed E-state index contributed by atoms with van der Waals surface area (Å²) in [6, 6.07) is 4.92. The molecule has 1 aliphatic heterocycles. The third-order valence-electron chi connectivity index (χ3n) is 2.87. The van der Waals surface area contributed by atoms with Crippen molar-refractivity contribution in [2.75, 3.05) is 24.5 Å². The van der Waals surface area contributed by atoms with Gasteiger partial charge >= 0.3 is 0 Å². The number of hydrogen-bond donors (Lipinski definition) is 1. The summed E-state index contributed by atoms with van der Waals surface area (Å²) in [5.74, 6) is -0.174. The molecule has 1 fully saturated rings. The highest BCUT2D eigenvalue weighted by atomic mass is 19.1. The molecule has 1 saturated heterocycles. The zero-order chi connectivity index (χ0) is 11.4. The standard InChI is InChI=1S/C13H17FN2/c14-12-6-5-11(4-3-7-15)13(10-12)16-8-1-2-9-16/h3-6,10H,1-2,7-9,15H2/b4-3+. The summed E-state index contributed by atoms with van der Waals surface area (Å²) in [4.78, 5) is 2.24. The van der Waals surface area contributed by atoms with E-state index in [1.54, 1.807) is 6.07 Å². The molecular weight excluding hydrogens is 203 g/mol. The van der Waals surface area contributed by atoms with Gasteiger partial charge in [0.25, 0.3) is 0 Å². The average Bonchev–Trinajstić information content (AvgIpc) is 2.80. The van der Waals surface area contributed by atoms with Gasteiger partial charge in [0.2, 0.25) is 0 Å². The molecular formula is C13H17FN2. The molecule has 0 aliphatic carbocycles. The minimum absolute atomic E-state index is 0.174. The zero-order valence-corrected chi connectivity index (χ0v) is 9.32. The molecule has 0 atom stereocenters. The minimum Gasteiger partial charge on any atom is -0.371 e. The van der Waals surface area contributed by atoms with Crippen LogP contribution in [0.4, 0.5) is 10.1 Å². The molecule has 2 N–H and O–H groups in total. The second-order valence-corrected chi connectivity index (χ2v) is 4.04. The predicted octanol–water partition coefficient (Wildman–Crippen LogP) is 2.40. The monoisotopic (exact) mass is 220 g/mol. The summed E-state index contributed by atoms with van der Waals surface area (Å²) >= 11 is 0. The zero-order valence-electron chi connectivity index (χ0n) is 9.32. The first-order chi connectivity index (χ1) is 7.81. The van der Waals surface area contributed by atoms with Gasteiger partial charge in [0, 0.05) is 25.3 Å². The van der Waals surface area contributed by atoms with E-state index in [1.165, 1.54) is 18.9 Å². The van der Waals surface area contributed by atoms with Gasteiger partial charge in [0.1, 0.15) is 5.82 Å². The molecule has 0 amide bonds. The average molecular weight is 220 g/mol. The van der Waals surface area contributed by atoms with Gasteiger partial charge in [-0.2, -0.15) is 0 Å². The second kappa shape index (κ2) is 5.12. The van der Waals surface area contributed by atoms with Gasteiger partial charge in [0.15, 0.2) is 0 Å². The second-order valence-electron chi connectivity index (χ2n) is 4.04. The third kappa shape index (κ3) is 2.42. The summed E-state index contributed by atoms with van der Waals surface area (Å²) in [7, 11) is 0. The van der Waals surface area contributed by atoms with Crippen LogP contribution in [0.3, 0.4) is 0 Å². The van der Waals surface area contributed by atoms with Gasteiger partial charge in [0.05, 0.1) is 0 Å². The Morgan fingerprint density at radius 2 is 2.06 bits per heavy atom. The molecule has 2 nitrogen and oxygen atoms in total. The van der Waals surface area contributed by atoms with Crippen molar-refractivity contribution in [3.63, 3.8) is 0 Å². The van der Waals surface area contributed by atoms with Crippen molar-refractivity contribution in [1.29, 1.82) is 0 Å². The van der Waals surface area contributed by atoms with Gasteiger partial charge in [-0.05, 0) is 30.5 Å².